The lowest BCUT2D eigenvalue weighted by atomic mass is 9.97. The monoisotopic (exact) mass is 1300 g/mol. The quantitative estimate of drug-likeness (QED) is 0.0204. The number of carbonyl (C=O) groups excluding carboxylic acids is 1. The Morgan fingerprint density at radius 3 is 1.14 bits per heavy atom. The average molecular weight is 1300 g/mol. The first-order valence-electron chi connectivity index (χ1n) is 38.2. The largest absolute Gasteiger partial charge is 0.394 e. The van der Waals surface area contributed by atoms with Crippen molar-refractivity contribution in [2.75, 3.05) is 19.8 Å². The molecule has 14 nitrogen and oxygen atoms in total. The minimum atomic E-state index is -1.79. The number of hydrogen-bond acceptors (Lipinski definition) is 13. The number of carbonyl (C=O) groups is 1. The van der Waals surface area contributed by atoms with Crippen LogP contribution in [0.4, 0.5) is 0 Å². The fraction of sp³-hybridized carbons (Fsp3) is 0.833. The molecule has 2 heterocycles. The predicted octanol–water partition coefficient (Wildman–Crippen LogP) is 16.6. The maximum absolute atomic E-state index is 13.3. The number of rotatable bonds is 63. The number of ether oxygens (including phenoxy) is 4. The third-order valence-corrected chi connectivity index (χ3v) is 18.3. The Hall–Kier alpha value is -2.57. The maximum Gasteiger partial charge on any atom is 0.220 e. The van der Waals surface area contributed by atoms with E-state index in [1.807, 2.05) is 6.08 Å². The van der Waals surface area contributed by atoms with E-state index in [9.17, 15) is 45.6 Å². The van der Waals surface area contributed by atoms with Gasteiger partial charge in [0.15, 0.2) is 12.6 Å². The number of allylic oxidation sites excluding steroid dienone is 11. The molecule has 2 saturated heterocycles. The van der Waals surface area contributed by atoms with Crippen molar-refractivity contribution in [3.05, 3.63) is 72.9 Å². The molecule has 536 valence electrons. The van der Waals surface area contributed by atoms with Crippen LogP contribution in [0.5, 0.6) is 0 Å². The molecule has 0 saturated carbocycles. The molecule has 14 heteroatoms. The van der Waals surface area contributed by atoms with Crippen molar-refractivity contribution in [2.24, 2.45) is 0 Å². The van der Waals surface area contributed by atoms with Gasteiger partial charge in [0, 0.05) is 6.42 Å². The van der Waals surface area contributed by atoms with Crippen molar-refractivity contribution in [3.63, 3.8) is 0 Å². The fourth-order valence-electron chi connectivity index (χ4n) is 12.3. The Labute approximate surface area is 561 Å². The van der Waals surface area contributed by atoms with E-state index in [2.05, 4.69) is 79.9 Å². The number of amides is 1. The molecule has 0 aromatic carbocycles. The summed E-state index contributed by atoms with van der Waals surface area (Å²) in [6.07, 6.45) is 68.4. The van der Waals surface area contributed by atoms with Gasteiger partial charge in [0.2, 0.25) is 5.91 Å². The molecule has 2 fully saturated rings. The van der Waals surface area contributed by atoms with Crippen molar-refractivity contribution in [2.45, 2.75) is 396 Å². The molecule has 1 amide bonds. The zero-order chi connectivity index (χ0) is 66.6. The summed E-state index contributed by atoms with van der Waals surface area (Å²) >= 11 is 0. The van der Waals surface area contributed by atoms with E-state index in [-0.39, 0.29) is 18.9 Å². The second-order valence-corrected chi connectivity index (χ2v) is 26.8. The Bertz CT molecular complexity index is 1820. The molecule has 0 aromatic rings. The molecule has 0 radical (unpaired) electrons. The first kappa shape index (κ1) is 85.5. The van der Waals surface area contributed by atoms with E-state index in [0.29, 0.717) is 12.8 Å². The van der Waals surface area contributed by atoms with Crippen LogP contribution in [0.1, 0.15) is 322 Å². The molecular formula is C78H141NO13. The number of hydrogen-bond donors (Lipinski definition) is 9. The highest BCUT2D eigenvalue weighted by molar-refractivity contribution is 5.76. The van der Waals surface area contributed by atoms with Gasteiger partial charge in [-0.3, -0.25) is 4.79 Å². The van der Waals surface area contributed by atoms with Crippen molar-refractivity contribution < 1.29 is 64.6 Å². The van der Waals surface area contributed by atoms with Crippen LogP contribution in [0.3, 0.4) is 0 Å². The van der Waals surface area contributed by atoms with Crippen molar-refractivity contribution in [1.29, 1.82) is 0 Å². The van der Waals surface area contributed by atoms with Crippen LogP contribution in [0, 0.1) is 0 Å². The third kappa shape index (κ3) is 45.0. The summed E-state index contributed by atoms with van der Waals surface area (Å²) in [6.45, 7) is 2.79. The van der Waals surface area contributed by atoms with E-state index in [4.69, 9.17) is 18.9 Å². The first-order valence-corrected chi connectivity index (χ1v) is 38.2. The predicted molar refractivity (Wildman–Crippen MR) is 378 cm³/mol. The van der Waals surface area contributed by atoms with Gasteiger partial charge in [0.05, 0.1) is 32.0 Å². The van der Waals surface area contributed by atoms with Crippen LogP contribution < -0.4 is 5.32 Å². The summed E-state index contributed by atoms with van der Waals surface area (Å²) in [5, 5.41) is 87.4. The van der Waals surface area contributed by atoms with E-state index >= 15 is 0 Å². The number of unbranched alkanes of at least 4 members (excludes halogenated alkanes) is 40. The van der Waals surface area contributed by atoms with Crippen molar-refractivity contribution >= 4 is 5.91 Å². The molecule has 0 spiro atoms. The van der Waals surface area contributed by atoms with E-state index < -0.39 is 86.8 Å². The van der Waals surface area contributed by atoms with Crippen molar-refractivity contribution in [3.8, 4) is 0 Å². The molecule has 2 rings (SSSR count). The number of nitrogens with one attached hydrogen (secondary N) is 1. The van der Waals surface area contributed by atoms with Gasteiger partial charge in [0.1, 0.15) is 48.8 Å². The molecule has 9 N–H and O–H groups in total. The lowest BCUT2D eigenvalue weighted by molar-refractivity contribution is -0.359. The van der Waals surface area contributed by atoms with Gasteiger partial charge in [-0.1, -0.05) is 305 Å². The summed E-state index contributed by atoms with van der Waals surface area (Å²) in [5.74, 6) is -0.249. The zero-order valence-electron chi connectivity index (χ0n) is 58.5. The number of aliphatic hydroxyl groups is 8. The second kappa shape index (κ2) is 62.0. The summed E-state index contributed by atoms with van der Waals surface area (Å²) in [5.41, 5.74) is 0. The average Bonchev–Trinajstić information content (AvgIpc) is 1.05. The molecule has 92 heavy (non-hydrogen) atoms. The van der Waals surface area contributed by atoms with Crippen LogP contribution >= 0.6 is 0 Å². The first-order chi connectivity index (χ1) is 45.1. The van der Waals surface area contributed by atoms with Crippen LogP contribution in [-0.2, 0) is 23.7 Å². The summed E-state index contributed by atoms with van der Waals surface area (Å²) < 4.78 is 22.8. The van der Waals surface area contributed by atoms with Gasteiger partial charge in [0.25, 0.3) is 0 Å². The Balaban J connectivity index is 1.59. The highest BCUT2D eigenvalue weighted by atomic mass is 16.7. The fourth-order valence-corrected chi connectivity index (χ4v) is 12.3. The molecule has 0 bridgehead atoms. The lowest BCUT2D eigenvalue weighted by Gasteiger charge is -2.46. The standard InChI is InChI=1S/C78H141NO13/c1-3-5-7-9-11-13-15-17-19-21-23-24-25-26-27-28-29-30-31-32-33-34-35-36-37-38-39-40-41-42-44-46-48-50-52-54-56-58-60-62-70(83)79-66(67(82)61-59-57-55-53-51-49-47-45-43-22-20-18-16-14-12-10-8-6-4-2)65-89-77-75(88)73(86)76(69(64-81)91-77)92-78-74(87)72(85)71(84)68(63-80)90-78/h15,17,21,23,25-26,43,45,51,53,59,61,66-69,71-78,80-82,84-88H,3-14,16,18-20,22,24,27-42,44,46-50,52,54-58,60,62-65H2,1-2H3,(H,79,83)/b17-15-,23-21-,26-25-,45-43+,53-51+,61-59+. The Morgan fingerprint density at radius 1 is 0.391 bits per heavy atom. The topological polar surface area (TPSA) is 228 Å². The Kier molecular flexibility index (Phi) is 57.6. The van der Waals surface area contributed by atoms with Gasteiger partial charge in [-0.2, -0.15) is 0 Å². The molecule has 12 atom stereocenters. The smallest absolute Gasteiger partial charge is 0.220 e. The van der Waals surface area contributed by atoms with Crippen LogP contribution in [0.25, 0.3) is 0 Å². The summed E-state index contributed by atoms with van der Waals surface area (Å²) in [4.78, 5) is 13.3. The Morgan fingerprint density at radius 2 is 0.728 bits per heavy atom. The molecular weight excluding hydrogens is 1160 g/mol. The summed E-state index contributed by atoms with van der Waals surface area (Å²) in [7, 11) is 0. The van der Waals surface area contributed by atoms with Crippen LogP contribution in [0.2, 0.25) is 0 Å². The van der Waals surface area contributed by atoms with E-state index in [1.165, 1.54) is 231 Å². The normalized spacial score (nSPS) is 23.1. The van der Waals surface area contributed by atoms with Gasteiger partial charge < -0.3 is 65.1 Å². The van der Waals surface area contributed by atoms with Gasteiger partial charge in [-0.25, -0.2) is 0 Å². The van der Waals surface area contributed by atoms with Gasteiger partial charge in [-0.15, -0.1) is 0 Å². The minimum absolute atomic E-state index is 0.249. The highest BCUT2D eigenvalue weighted by Gasteiger charge is 2.51. The van der Waals surface area contributed by atoms with Crippen molar-refractivity contribution in [1.82, 2.24) is 5.32 Å². The molecule has 2 aliphatic rings. The zero-order valence-corrected chi connectivity index (χ0v) is 58.5. The molecule has 12 unspecified atom stereocenters. The summed E-state index contributed by atoms with van der Waals surface area (Å²) in [6, 6.07) is -0.940. The van der Waals surface area contributed by atoms with E-state index in [0.717, 1.165) is 57.8 Å². The molecule has 0 aliphatic carbocycles. The molecule has 2 aliphatic heterocycles. The maximum atomic E-state index is 13.3. The van der Waals surface area contributed by atoms with Crippen LogP contribution in [-0.4, -0.2) is 140 Å². The van der Waals surface area contributed by atoms with E-state index in [1.54, 1.807) is 6.08 Å². The second-order valence-electron chi connectivity index (χ2n) is 26.8. The molecule has 0 aromatic heterocycles. The van der Waals surface area contributed by atoms with Crippen LogP contribution in [0.15, 0.2) is 72.9 Å². The lowest BCUT2D eigenvalue weighted by Crippen LogP contribution is -2.65. The minimum Gasteiger partial charge on any atom is -0.394 e. The highest BCUT2D eigenvalue weighted by Crippen LogP contribution is 2.30. The van der Waals surface area contributed by atoms with Gasteiger partial charge >= 0.3 is 0 Å². The van der Waals surface area contributed by atoms with Gasteiger partial charge in [-0.05, 0) is 83.5 Å². The third-order valence-electron chi connectivity index (χ3n) is 18.3. The number of aliphatic hydroxyl groups excluding tert-OH is 8. The SMILES string of the molecule is CCCCCCC/C=C\C/C=C\C/C=C\CCCCCCCCCCCCCCCCCCCCCCCCCCC(=O)NC(COC1OC(CO)C(OC2OC(CO)C(O)C(O)C2O)C(O)C1O)C(O)/C=C/CC/C=C/CC/C=C/CCCCCCCCCCC.